The normalized spacial score (nSPS) is 18.9. The molecular formula is C24H27ClF5N7O2S. The van der Waals surface area contributed by atoms with Crippen molar-refractivity contribution in [1.29, 1.82) is 0 Å². The summed E-state index contributed by atoms with van der Waals surface area (Å²) in [5.74, 6) is -1.00. The summed E-state index contributed by atoms with van der Waals surface area (Å²) in [6.07, 6.45) is -2.68. The predicted molar refractivity (Wildman–Crippen MR) is 140 cm³/mol. The lowest BCUT2D eigenvalue weighted by molar-refractivity contribution is -0.137. The van der Waals surface area contributed by atoms with Crippen molar-refractivity contribution < 1.29 is 30.4 Å². The Hall–Kier alpha value is -2.88. The summed E-state index contributed by atoms with van der Waals surface area (Å²) in [5, 5.41) is 5.84. The Morgan fingerprint density at radius 2 is 1.95 bits per heavy atom. The van der Waals surface area contributed by atoms with Crippen LogP contribution >= 0.6 is 11.6 Å². The molecule has 4 rings (SSSR count). The predicted octanol–water partition coefficient (Wildman–Crippen LogP) is 4.42. The highest BCUT2D eigenvalue weighted by Gasteiger charge is 2.37. The molecule has 0 amide bonds. The Morgan fingerprint density at radius 1 is 1.23 bits per heavy atom. The van der Waals surface area contributed by atoms with Gasteiger partial charge in [0.1, 0.15) is 41.0 Å². The standard InChI is InChI=1S/C24H27ClF5N7O2S/c1-13(2)31-8-14-6-16(25)22(17(26)7-14)36-11-20(33-12-36)21-15(24(28,29)30)9-32-23(35-21)34-19-4-5-37(10-18(19)27)40(3,38)39/h6-7,9,11-13,18-19,31H,4-5,8,10H2,1-3H3,(H,32,34,35)/t18-,19-/m1/s1. The first kappa shape index (κ1) is 30.1. The molecule has 1 saturated heterocycles. The number of nitrogens with one attached hydrogen (secondary N) is 2. The lowest BCUT2D eigenvalue weighted by Gasteiger charge is -2.33. The van der Waals surface area contributed by atoms with Gasteiger partial charge in [-0.1, -0.05) is 25.4 Å². The molecule has 3 aromatic rings. The maximum Gasteiger partial charge on any atom is 0.420 e. The number of hydrogen-bond donors (Lipinski definition) is 2. The maximum absolute atomic E-state index is 15.0. The van der Waals surface area contributed by atoms with Gasteiger partial charge < -0.3 is 15.2 Å². The van der Waals surface area contributed by atoms with E-state index in [0.717, 1.165) is 27.7 Å². The van der Waals surface area contributed by atoms with Crippen molar-refractivity contribution in [1.82, 2.24) is 29.1 Å². The Balaban J connectivity index is 1.63. The van der Waals surface area contributed by atoms with Gasteiger partial charge in [-0.3, -0.25) is 0 Å². The molecule has 0 bridgehead atoms. The first-order valence-electron chi connectivity index (χ1n) is 12.2. The zero-order chi connectivity index (χ0) is 29.4. The minimum Gasteiger partial charge on any atom is -0.348 e. The van der Waals surface area contributed by atoms with Crippen LogP contribution < -0.4 is 10.6 Å². The van der Waals surface area contributed by atoms with E-state index in [9.17, 15) is 26.0 Å². The highest BCUT2D eigenvalue weighted by atomic mass is 35.5. The number of halogens is 6. The zero-order valence-corrected chi connectivity index (χ0v) is 23.2. The second-order valence-corrected chi connectivity index (χ2v) is 12.1. The molecule has 40 heavy (non-hydrogen) atoms. The fourth-order valence-electron chi connectivity index (χ4n) is 4.22. The summed E-state index contributed by atoms with van der Waals surface area (Å²) >= 11 is 6.32. The molecule has 1 aliphatic heterocycles. The molecule has 9 nitrogen and oxygen atoms in total. The molecule has 0 radical (unpaired) electrons. The number of hydrogen-bond acceptors (Lipinski definition) is 7. The van der Waals surface area contributed by atoms with Crippen molar-refractivity contribution in [2.75, 3.05) is 24.7 Å². The fourth-order valence-corrected chi connectivity index (χ4v) is 5.40. The molecule has 2 atom stereocenters. The molecule has 218 valence electrons. The van der Waals surface area contributed by atoms with Crippen LogP contribution in [0.15, 0.2) is 30.9 Å². The van der Waals surface area contributed by atoms with Crippen LogP contribution in [-0.2, 0) is 22.7 Å². The van der Waals surface area contributed by atoms with E-state index in [-0.39, 0.29) is 41.4 Å². The van der Waals surface area contributed by atoms with Gasteiger partial charge in [-0.2, -0.15) is 17.5 Å². The van der Waals surface area contributed by atoms with Crippen LogP contribution in [0.1, 0.15) is 31.4 Å². The van der Waals surface area contributed by atoms with Gasteiger partial charge in [0.15, 0.2) is 0 Å². The molecule has 16 heteroatoms. The van der Waals surface area contributed by atoms with Crippen molar-refractivity contribution in [2.24, 2.45) is 0 Å². The summed E-state index contributed by atoms with van der Waals surface area (Å²) < 4.78 is 96.8. The van der Waals surface area contributed by atoms with E-state index in [1.54, 1.807) is 6.07 Å². The first-order chi connectivity index (χ1) is 18.6. The molecular weight excluding hydrogens is 581 g/mol. The van der Waals surface area contributed by atoms with Gasteiger partial charge in [0.25, 0.3) is 0 Å². The number of rotatable bonds is 8. The van der Waals surface area contributed by atoms with Crippen molar-refractivity contribution in [3.63, 3.8) is 0 Å². The number of alkyl halides is 4. The van der Waals surface area contributed by atoms with E-state index in [1.165, 1.54) is 6.07 Å². The average Bonchev–Trinajstić information content (AvgIpc) is 3.32. The van der Waals surface area contributed by atoms with Gasteiger partial charge in [0.2, 0.25) is 16.0 Å². The first-order valence-corrected chi connectivity index (χ1v) is 14.4. The van der Waals surface area contributed by atoms with Crippen LogP contribution in [0.2, 0.25) is 5.02 Å². The lowest BCUT2D eigenvalue weighted by atomic mass is 10.1. The van der Waals surface area contributed by atoms with Crippen LogP contribution in [0.4, 0.5) is 27.9 Å². The number of sulfonamides is 1. The molecule has 0 unspecified atom stereocenters. The molecule has 0 spiro atoms. The topological polar surface area (TPSA) is 105 Å². The van der Waals surface area contributed by atoms with Gasteiger partial charge in [0, 0.05) is 38.1 Å². The van der Waals surface area contributed by atoms with Crippen LogP contribution in [0.25, 0.3) is 17.1 Å². The van der Waals surface area contributed by atoms with E-state index in [4.69, 9.17) is 11.6 Å². The number of imidazole rings is 1. The lowest BCUT2D eigenvalue weighted by Crippen LogP contribution is -2.49. The summed E-state index contributed by atoms with van der Waals surface area (Å²) in [4.78, 5) is 11.7. The van der Waals surface area contributed by atoms with Gasteiger partial charge in [-0.25, -0.2) is 32.2 Å². The van der Waals surface area contributed by atoms with Crippen molar-refractivity contribution in [2.45, 2.75) is 51.2 Å². The Morgan fingerprint density at radius 3 is 2.55 bits per heavy atom. The fraction of sp³-hybridized carbons (Fsp3) is 0.458. The van der Waals surface area contributed by atoms with Gasteiger partial charge in [0.05, 0.1) is 17.3 Å². The summed E-state index contributed by atoms with van der Waals surface area (Å²) in [7, 11) is -3.60. The van der Waals surface area contributed by atoms with E-state index >= 15 is 4.39 Å². The van der Waals surface area contributed by atoms with Gasteiger partial charge >= 0.3 is 6.18 Å². The van der Waals surface area contributed by atoms with Gasteiger partial charge in [-0.15, -0.1) is 0 Å². The second kappa shape index (κ2) is 11.5. The molecule has 2 aromatic heterocycles. The Kier molecular flexibility index (Phi) is 8.68. The quantitative estimate of drug-likeness (QED) is 0.365. The van der Waals surface area contributed by atoms with Crippen molar-refractivity contribution in [3.8, 4) is 17.1 Å². The van der Waals surface area contributed by atoms with Crippen LogP contribution in [0, 0.1) is 5.82 Å². The molecule has 0 saturated carbocycles. The van der Waals surface area contributed by atoms with Crippen LogP contribution in [-0.4, -0.2) is 69.8 Å². The zero-order valence-electron chi connectivity index (χ0n) is 21.7. The van der Waals surface area contributed by atoms with Crippen LogP contribution in [0.3, 0.4) is 0 Å². The minimum absolute atomic E-state index is 0.0213. The molecule has 2 N–H and O–H groups in total. The number of benzene rings is 1. The van der Waals surface area contributed by atoms with Gasteiger partial charge in [-0.05, 0) is 24.1 Å². The monoisotopic (exact) mass is 607 g/mol. The molecule has 3 heterocycles. The molecule has 1 aromatic carbocycles. The average molecular weight is 608 g/mol. The second-order valence-electron chi connectivity index (χ2n) is 9.74. The van der Waals surface area contributed by atoms with Crippen molar-refractivity contribution >= 4 is 27.6 Å². The van der Waals surface area contributed by atoms with Crippen molar-refractivity contribution in [3.05, 3.63) is 52.8 Å². The van der Waals surface area contributed by atoms with E-state index in [0.29, 0.717) is 18.3 Å². The summed E-state index contributed by atoms with van der Waals surface area (Å²) in [6.45, 7) is 3.84. The molecule has 1 aliphatic rings. The third kappa shape index (κ3) is 6.87. The summed E-state index contributed by atoms with van der Waals surface area (Å²) in [5.41, 5.74) is -1.58. The minimum atomic E-state index is -4.85. The number of anilines is 1. The van der Waals surface area contributed by atoms with Crippen LogP contribution in [0.5, 0.6) is 0 Å². The summed E-state index contributed by atoms with van der Waals surface area (Å²) in [6, 6.07) is 2.04. The Bertz CT molecular complexity index is 1460. The molecule has 0 aliphatic carbocycles. The highest BCUT2D eigenvalue weighted by molar-refractivity contribution is 7.88. The van der Waals surface area contributed by atoms with E-state index in [1.807, 2.05) is 13.8 Å². The SMILES string of the molecule is CC(C)NCc1cc(F)c(-n2cnc(-c3nc(N[C@@H]4CCN(S(C)(=O)=O)C[C@H]4F)ncc3C(F)(F)F)c2)c(Cl)c1. The third-order valence-corrected chi connectivity index (χ3v) is 7.81. The van der Waals surface area contributed by atoms with E-state index in [2.05, 4.69) is 25.6 Å². The maximum atomic E-state index is 15.0. The third-order valence-electron chi connectivity index (χ3n) is 6.26. The number of aromatic nitrogens is 4. The number of piperidine rings is 1. The van der Waals surface area contributed by atoms with E-state index < -0.39 is 52.0 Å². The Labute approximate surface area is 232 Å². The largest absolute Gasteiger partial charge is 0.420 e. The number of nitrogens with zero attached hydrogens (tertiary/aromatic N) is 5. The highest BCUT2D eigenvalue weighted by Crippen LogP contribution is 2.36. The molecule has 1 fully saturated rings. The smallest absolute Gasteiger partial charge is 0.348 e.